The van der Waals surface area contributed by atoms with E-state index in [4.69, 9.17) is 17.0 Å². The highest BCUT2D eigenvalue weighted by Gasteiger charge is 2.12. The summed E-state index contributed by atoms with van der Waals surface area (Å²) in [5.74, 6) is 0.0765. The molecule has 0 bridgehead atoms. The normalized spacial score (nSPS) is 11.5. The lowest BCUT2D eigenvalue weighted by Crippen LogP contribution is -2.33. The van der Waals surface area contributed by atoms with Crippen LogP contribution in [0.1, 0.15) is 34.5 Å². The summed E-state index contributed by atoms with van der Waals surface area (Å²) in [6, 6.07) is 23.9. The van der Waals surface area contributed by atoms with Crippen LogP contribution in [0.4, 0.5) is 5.69 Å². The van der Waals surface area contributed by atoms with Gasteiger partial charge < -0.3 is 15.4 Å². The first kappa shape index (κ1) is 23.7. The fraction of sp³-hybridized carbons (Fsp3) is 0.115. The van der Waals surface area contributed by atoms with Gasteiger partial charge in [-0.1, -0.05) is 54.6 Å². The van der Waals surface area contributed by atoms with Crippen LogP contribution in [0.15, 0.2) is 84.9 Å². The van der Waals surface area contributed by atoms with Crippen LogP contribution in [0, 0.1) is 0 Å². The Hall–Kier alpha value is -3.97. The quantitative estimate of drug-likeness (QED) is 0.352. The molecule has 3 aromatic carbocycles. The average Bonchev–Trinajstić information content (AvgIpc) is 2.83. The number of ether oxygens (including phenoxy) is 1. The summed E-state index contributed by atoms with van der Waals surface area (Å²) in [7, 11) is 1.57. The van der Waals surface area contributed by atoms with Gasteiger partial charge in [0.05, 0.1) is 13.2 Å². The summed E-state index contributed by atoms with van der Waals surface area (Å²) >= 11 is 5.23. The molecule has 0 spiro atoms. The highest BCUT2D eigenvalue weighted by atomic mass is 32.1. The maximum Gasteiger partial charge on any atom is 0.251 e. The van der Waals surface area contributed by atoms with E-state index in [9.17, 15) is 9.59 Å². The zero-order valence-electron chi connectivity index (χ0n) is 18.4. The second kappa shape index (κ2) is 11.6. The Labute approximate surface area is 198 Å². The van der Waals surface area contributed by atoms with Crippen molar-refractivity contribution in [2.75, 3.05) is 12.4 Å². The fourth-order valence-corrected chi connectivity index (χ4v) is 3.35. The molecule has 0 aliphatic heterocycles. The number of carbonyl (C=O) groups is 2. The molecule has 0 aliphatic carbocycles. The van der Waals surface area contributed by atoms with E-state index in [2.05, 4.69) is 16.0 Å². The molecule has 168 valence electrons. The van der Waals surface area contributed by atoms with Crippen LogP contribution in [0.25, 0.3) is 6.08 Å². The third kappa shape index (κ3) is 7.02. The summed E-state index contributed by atoms with van der Waals surface area (Å²) in [6.45, 7) is 1.93. The van der Waals surface area contributed by atoms with E-state index < -0.39 is 0 Å². The van der Waals surface area contributed by atoms with Crippen LogP contribution in [-0.2, 0) is 4.79 Å². The predicted molar refractivity (Wildman–Crippen MR) is 135 cm³/mol. The van der Waals surface area contributed by atoms with E-state index in [1.165, 1.54) is 6.08 Å². The highest BCUT2D eigenvalue weighted by molar-refractivity contribution is 7.80. The first-order chi connectivity index (χ1) is 16.0. The topological polar surface area (TPSA) is 79.5 Å². The van der Waals surface area contributed by atoms with Crippen LogP contribution in [0.3, 0.4) is 0 Å². The van der Waals surface area contributed by atoms with Crippen LogP contribution >= 0.6 is 12.2 Å². The average molecular weight is 460 g/mol. The number of benzene rings is 3. The lowest BCUT2D eigenvalue weighted by Gasteiger charge is -2.15. The second-order valence-corrected chi connectivity index (χ2v) is 7.61. The highest BCUT2D eigenvalue weighted by Crippen LogP contribution is 2.18. The largest absolute Gasteiger partial charge is 0.496 e. The SMILES string of the molecule is COc1ccccc1/C=C/C(=O)NC(=S)Nc1cccc(C(=O)NC(C)c2ccccc2)c1. The molecule has 33 heavy (non-hydrogen) atoms. The van der Waals surface area contributed by atoms with Gasteiger partial charge in [-0.15, -0.1) is 0 Å². The molecule has 0 heterocycles. The van der Waals surface area contributed by atoms with E-state index in [1.54, 1.807) is 37.5 Å². The molecule has 0 aliphatic rings. The predicted octanol–water partition coefficient (Wildman–Crippen LogP) is 4.71. The zero-order chi connectivity index (χ0) is 23.6. The first-order valence-electron chi connectivity index (χ1n) is 10.3. The van der Waals surface area contributed by atoms with Crippen molar-refractivity contribution < 1.29 is 14.3 Å². The molecule has 3 rings (SSSR count). The number of para-hydroxylation sites is 1. The third-order valence-corrected chi connectivity index (χ3v) is 5.02. The lowest BCUT2D eigenvalue weighted by molar-refractivity contribution is -0.115. The minimum Gasteiger partial charge on any atom is -0.496 e. The Morgan fingerprint density at radius 2 is 1.70 bits per heavy atom. The number of anilines is 1. The van der Waals surface area contributed by atoms with Gasteiger partial charge in [0.25, 0.3) is 5.91 Å². The minimum absolute atomic E-state index is 0.125. The van der Waals surface area contributed by atoms with Crippen molar-refractivity contribution in [3.05, 3.63) is 102 Å². The van der Waals surface area contributed by atoms with E-state index >= 15 is 0 Å². The molecule has 2 amide bonds. The van der Waals surface area contributed by atoms with Gasteiger partial charge in [0, 0.05) is 22.9 Å². The van der Waals surface area contributed by atoms with Crippen molar-refractivity contribution in [1.29, 1.82) is 0 Å². The Kier molecular flexibility index (Phi) is 8.32. The van der Waals surface area contributed by atoms with Gasteiger partial charge in [-0.2, -0.15) is 0 Å². The zero-order valence-corrected chi connectivity index (χ0v) is 19.2. The Bertz CT molecular complexity index is 1160. The lowest BCUT2D eigenvalue weighted by atomic mass is 10.1. The molecule has 3 N–H and O–H groups in total. The fourth-order valence-electron chi connectivity index (χ4n) is 3.13. The number of thiocarbonyl (C=S) groups is 1. The van der Waals surface area contributed by atoms with Crippen LogP contribution in [-0.4, -0.2) is 24.0 Å². The third-order valence-electron chi connectivity index (χ3n) is 4.82. The smallest absolute Gasteiger partial charge is 0.251 e. The number of amides is 2. The standard InChI is InChI=1S/C26H25N3O3S/c1-18(19-9-4-3-5-10-19)27-25(31)21-12-8-13-22(17-21)28-26(33)29-24(30)16-15-20-11-6-7-14-23(20)32-2/h3-18H,1-2H3,(H,27,31)(H2,28,29,30,33)/b16-15+. The van der Waals surface area contributed by atoms with Crippen molar-refractivity contribution in [3.63, 3.8) is 0 Å². The maximum absolute atomic E-state index is 12.7. The van der Waals surface area contributed by atoms with E-state index in [0.717, 1.165) is 11.1 Å². The molecule has 1 atom stereocenters. The van der Waals surface area contributed by atoms with Crippen molar-refractivity contribution in [3.8, 4) is 5.75 Å². The van der Waals surface area contributed by atoms with Gasteiger partial charge in [0.1, 0.15) is 5.75 Å². The van der Waals surface area contributed by atoms with Gasteiger partial charge in [0.2, 0.25) is 5.91 Å². The van der Waals surface area contributed by atoms with Crippen molar-refractivity contribution in [1.82, 2.24) is 10.6 Å². The van der Waals surface area contributed by atoms with E-state index in [1.807, 2.05) is 61.5 Å². The summed E-state index contributed by atoms with van der Waals surface area (Å²) in [4.78, 5) is 24.9. The van der Waals surface area contributed by atoms with Gasteiger partial charge in [0.15, 0.2) is 5.11 Å². The Morgan fingerprint density at radius 3 is 2.45 bits per heavy atom. The number of nitrogens with one attached hydrogen (secondary N) is 3. The molecular formula is C26H25N3O3S. The van der Waals surface area contributed by atoms with Crippen LogP contribution < -0.4 is 20.7 Å². The number of carbonyl (C=O) groups excluding carboxylic acids is 2. The van der Waals surface area contributed by atoms with Crippen molar-refractivity contribution >= 4 is 40.9 Å². The van der Waals surface area contributed by atoms with Crippen LogP contribution in [0.5, 0.6) is 5.75 Å². The van der Waals surface area contributed by atoms with Gasteiger partial charge in [-0.3, -0.25) is 14.9 Å². The molecule has 0 saturated heterocycles. The molecule has 0 aromatic heterocycles. The molecule has 7 heteroatoms. The van der Waals surface area contributed by atoms with Crippen LogP contribution in [0.2, 0.25) is 0 Å². The van der Waals surface area contributed by atoms with E-state index in [-0.39, 0.29) is 23.0 Å². The molecular weight excluding hydrogens is 434 g/mol. The summed E-state index contributed by atoms with van der Waals surface area (Å²) in [5, 5.41) is 8.63. The number of hydrogen-bond donors (Lipinski definition) is 3. The first-order valence-corrected chi connectivity index (χ1v) is 10.8. The van der Waals surface area contributed by atoms with Crippen molar-refractivity contribution in [2.24, 2.45) is 0 Å². The summed E-state index contributed by atoms with van der Waals surface area (Å²) < 4.78 is 5.26. The Morgan fingerprint density at radius 1 is 0.970 bits per heavy atom. The number of rotatable bonds is 7. The maximum atomic E-state index is 12.7. The summed E-state index contributed by atoms with van der Waals surface area (Å²) in [5.41, 5.74) is 2.87. The van der Waals surface area contributed by atoms with Gasteiger partial charge >= 0.3 is 0 Å². The second-order valence-electron chi connectivity index (χ2n) is 7.21. The molecule has 1 unspecified atom stereocenters. The van der Waals surface area contributed by atoms with Gasteiger partial charge in [-0.25, -0.2) is 0 Å². The number of methoxy groups -OCH3 is 1. The van der Waals surface area contributed by atoms with E-state index in [0.29, 0.717) is 17.0 Å². The van der Waals surface area contributed by atoms with Crippen molar-refractivity contribution in [2.45, 2.75) is 13.0 Å². The summed E-state index contributed by atoms with van der Waals surface area (Å²) in [6.07, 6.45) is 3.02. The van der Waals surface area contributed by atoms with Gasteiger partial charge in [-0.05, 0) is 55.0 Å². The minimum atomic E-state index is -0.385. The molecule has 0 radical (unpaired) electrons. The number of hydrogen-bond acceptors (Lipinski definition) is 4. The Balaban J connectivity index is 1.57. The monoisotopic (exact) mass is 459 g/mol. The molecule has 0 fully saturated rings. The molecule has 0 saturated carbocycles. The molecule has 6 nitrogen and oxygen atoms in total. The molecule has 3 aromatic rings.